The molecule has 1 amide bonds. The molecule has 0 aliphatic heterocycles. The number of hydrogen-bond acceptors (Lipinski definition) is 5. The van der Waals surface area contributed by atoms with Gasteiger partial charge in [-0.15, -0.1) is 0 Å². The van der Waals surface area contributed by atoms with E-state index in [1.807, 2.05) is 60.7 Å². The molecule has 1 aromatic heterocycles. The van der Waals surface area contributed by atoms with Crippen LogP contribution in [0.4, 0.5) is 0 Å². The van der Waals surface area contributed by atoms with Gasteiger partial charge in [0.05, 0.1) is 11.6 Å². The first kappa shape index (κ1) is 21.1. The second-order valence-electron chi connectivity index (χ2n) is 7.30. The molecule has 0 radical (unpaired) electrons. The number of oxazole rings is 1. The third-order valence-electron chi connectivity index (χ3n) is 5.04. The molecular formula is C25H22N2O5. The first-order valence-electron chi connectivity index (χ1n) is 10.2. The third-order valence-corrected chi connectivity index (χ3v) is 5.04. The Morgan fingerprint density at radius 3 is 2.31 bits per heavy atom. The fraction of sp³-hybridized carbons (Fsp3) is 0.160. The van der Waals surface area contributed by atoms with Gasteiger partial charge in [-0.05, 0) is 29.7 Å². The normalized spacial score (nSPS) is 11.8. The van der Waals surface area contributed by atoms with Crippen molar-refractivity contribution in [3.63, 3.8) is 0 Å². The molecule has 1 heterocycles. The molecule has 32 heavy (non-hydrogen) atoms. The molecule has 1 N–H and O–H groups in total. The lowest BCUT2D eigenvalue weighted by Crippen LogP contribution is -2.34. The van der Waals surface area contributed by atoms with Crippen molar-refractivity contribution in [3.05, 3.63) is 107 Å². The number of fused-ring (bicyclic) bond motifs is 1. The summed E-state index contributed by atoms with van der Waals surface area (Å²) in [5.41, 5.74) is 2.90. The van der Waals surface area contributed by atoms with E-state index < -0.39 is 24.2 Å². The van der Waals surface area contributed by atoms with E-state index in [0.717, 1.165) is 11.1 Å². The minimum Gasteiger partial charge on any atom is -0.454 e. The molecule has 0 saturated carbocycles. The Morgan fingerprint density at radius 1 is 0.906 bits per heavy atom. The van der Waals surface area contributed by atoms with Gasteiger partial charge in [0.1, 0.15) is 6.54 Å². The number of ether oxygens (including phenoxy) is 1. The van der Waals surface area contributed by atoms with Crippen LogP contribution in [0.25, 0.3) is 11.1 Å². The molecule has 3 aromatic carbocycles. The first-order valence-corrected chi connectivity index (χ1v) is 10.2. The van der Waals surface area contributed by atoms with Gasteiger partial charge in [-0.2, -0.15) is 0 Å². The molecule has 0 aliphatic rings. The molecule has 1 atom stereocenters. The lowest BCUT2D eigenvalue weighted by molar-refractivity contribution is -0.149. The smallest absolute Gasteiger partial charge is 0.420 e. The first-order chi connectivity index (χ1) is 15.6. The van der Waals surface area contributed by atoms with Crippen molar-refractivity contribution in [2.45, 2.75) is 19.0 Å². The highest BCUT2D eigenvalue weighted by atomic mass is 16.5. The van der Waals surface area contributed by atoms with Crippen molar-refractivity contribution in [3.8, 4) is 0 Å². The van der Waals surface area contributed by atoms with Gasteiger partial charge < -0.3 is 14.5 Å². The van der Waals surface area contributed by atoms with Crippen molar-refractivity contribution < 1.29 is 18.7 Å². The maximum absolute atomic E-state index is 12.5. The molecule has 0 aliphatic carbocycles. The summed E-state index contributed by atoms with van der Waals surface area (Å²) in [6, 6.07) is 25.9. The number of nitrogens with one attached hydrogen (secondary N) is 1. The van der Waals surface area contributed by atoms with Crippen LogP contribution in [-0.2, 0) is 27.3 Å². The van der Waals surface area contributed by atoms with Crippen LogP contribution in [0.1, 0.15) is 17.2 Å². The standard InChI is InChI=1S/C25H22N2O5/c28-23(17-31-24(29)16-27-21-13-7-8-14-22(21)32-25(27)30)26-20(19-11-5-2-6-12-19)15-18-9-3-1-4-10-18/h1-14,20H,15-17H2,(H,26,28). The molecule has 4 rings (SSSR count). The molecule has 4 aromatic rings. The van der Waals surface area contributed by atoms with Gasteiger partial charge in [0.15, 0.2) is 12.2 Å². The second-order valence-corrected chi connectivity index (χ2v) is 7.30. The van der Waals surface area contributed by atoms with Crippen molar-refractivity contribution in [1.29, 1.82) is 0 Å². The van der Waals surface area contributed by atoms with E-state index in [9.17, 15) is 14.4 Å². The minimum absolute atomic E-state index is 0.273. The molecule has 0 spiro atoms. The van der Waals surface area contributed by atoms with Gasteiger partial charge in [0.2, 0.25) is 0 Å². The molecule has 0 fully saturated rings. The van der Waals surface area contributed by atoms with Crippen LogP contribution < -0.4 is 11.1 Å². The zero-order valence-corrected chi connectivity index (χ0v) is 17.3. The van der Waals surface area contributed by atoms with Crippen LogP contribution in [0.3, 0.4) is 0 Å². The number of amides is 1. The van der Waals surface area contributed by atoms with Crippen LogP contribution in [0.15, 0.2) is 94.1 Å². The number of nitrogens with zero attached hydrogens (tertiary/aromatic N) is 1. The number of hydrogen-bond donors (Lipinski definition) is 1. The summed E-state index contributed by atoms with van der Waals surface area (Å²) < 4.78 is 11.4. The Morgan fingerprint density at radius 2 is 1.56 bits per heavy atom. The van der Waals surface area contributed by atoms with E-state index in [-0.39, 0.29) is 12.6 Å². The number of para-hydroxylation sites is 2. The largest absolute Gasteiger partial charge is 0.454 e. The number of benzene rings is 3. The van der Waals surface area contributed by atoms with E-state index in [1.165, 1.54) is 4.57 Å². The summed E-state index contributed by atoms with van der Waals surface area (Å²) in [6.07, 6.45) is 0.598. The molecule has 0 bridgehead atoms. The van der Waals surface area contributed by atoms with Gasteiger partial charge in [-0.3, -0.25) is 14.2 Å². The van der Waals surface area contributed by atoms with Gasteiger partial charge in [-0.1, -0.05) is 72.8 Å². The number of carbonyl (C=O) groups is 2. The Balaban J connectivity index is 1.38. The van der Waals surface area contributed by atoms with E-state index in [2.05, 4.69) is 5.32 Å². The average molecular weight is 430 g/mol. The monoisotopic (exact) mass is 430 g/mol. The van der Waals surface area contributed by atoms with Crippen LogP contribution >= 0.6 is 0 Å². The van der Waals surface area contributed by atoms with E-state index >= 15 is 0 Å². The Labute approximate surface area is 184 Å². The quantitative estimate of drug-likeness (QED) is 0.434. The minimum atomic E-state index is -0.701. The number of aromatic nitrogens is 1. The van der Waals surface area contributed by atoms with Crippen LogP contribution in [0, 0.1) is 0 Å². The van der Waals surface area contributed by atoms with Crippen molar-refractivity contribution in [1.82, 2.24) is 9.88 Å². The van der Waals surface area contributed by atoms with Crippen molar-refractivity contribution in [2.75, 3.05) is 6.61 Å². The summed E-state index contributed by atoms with van der Waals surface area (Å²) in [7, 11) is 0. The van der Waals surface area contributed by atoms with Gasteiger partial charge in [0.25, 0.3) is 5.91 Å². The summed E-state index contributed by atoms with van der Waals surface area (Å²) in [5, 5.41) is 2.93. The third kappa shape index (κ3) is 5.13. The zero-order chi connectivity index (χ0) is 22.3. The fourth-order valence-corrected chi connectivity index (χ4v) is 3.51. The summed E-state index contributed by atoms with van der Waals surface area (Å²) in [6.45, 7) is -0.781. The summed E-state index contributed by atoms with van der Waals surface area (Å²) >= 11 is 0. The highest BCUT2D eigenvalue weighted by molar-refractivity contribution is 5.81. The fourth-order valence-electron chi connectivity index (χ4n) is 3.51. The van der Waals surface area contributed by atoms with Crippen molar-refractivity contribution in [2.24, 2.45) is 0 Å². The molecule has 7 nitrogen and oxygen atoms in total. The Bertz CT molecular complexity index is 1260. The van der Waals surface area contributed by atoms with E-state index in [0.29, 0.717) is 17.5 Å². The molecular weight excluding hydrogens is 408 g/mol. The second kappa shape index (κ2) is 9.78. The van der Waals surface area contributed by atoms with Gasteiger partial charge in [-0.25, -0.2) is 4.79 Å². The topological polar surface area (TPSA) is 90.5 Å². The van der Waals surface area contributed by atoms with Crippen LogP contribution in [0.5, 0.6) is 0 Å². The average Bonchev–Trinajstić information content (AvgIpc) is 3.13. The molecule has 1 unspecified atom stereocenters. The SMILES string of the molecule is O=C(COC(=O)Cn1c(=O)oc2ccccc21)NC(Cc1ccccc1)c1ccccc1. The number of esters is 1. The molecule has 0 saturated heterocycles. The highest BCUT2D eigenvalue weighted by Gasteiger charge is 2.18. The summed E-state index contributed by atoms with van der Waals surface area (Å²) in [5.74, 6) is -1.78. The van der Waals surface area contributed by atoms with Crippen LogP contribution in [0.2, 0.25) is 0 Å². The van der Waals surface area contributed by atoms with E-state index in [1.54, 1.807) is 24.3 Å². The molecule has 7 heteroatoms. The van der Waals surface area contributed by atoms with Gasteiger partial charge >= 0.3 is 11.7 Å². The summed E-state index contributed by atoms with van der Waals surface area (Å²) in [4.78, 5) is 36.8. The number of carbonyl (C=O) groups excluding carboxylic acids is 2. The van der Waals surface area contributed by atoms with Crippen LogP contribution in [-0.4, -0.2) is 23.1 Å². The van der Waals surface area contributed by atoms with Crippen molar-refractivity contribution >= 4 is 23.0 Å². The maximum atomic E-state index is 12.5. The molecule has 162 valence electrons. The lowest BCUT2D eigenvalue weighted by atomic mass is 9.99. The Kier molecular flexibility index (Phi) is 6.46. The predicted molar refractivity (Wildman–Crippen MR) is 119 cm³/mol. The number of rotatable bonds is 8. The Hall–Kier alpha value is -4.13. The maximum Gasteiger partial charge on any atom is 0.420 e. The highest BCUT2D eigenvalue weighted by Crippen LogP contribution is 2.18. The zero-order valence-electron chi connectivity index (χ0n) is 17.3. The van der Waals surface area contributed by atoms with E-state index in [4.69, 9.17) is 9.15 Å². The van der Waals surface area contributed by atoms with Gasteiger partial charge in [0, 0.05) is 0 Å². The lowest BCUT2D eigenvalue weighted by Gasteiger charge is -2.19. The predicted octanol–water partition coefficient (Wildman–Crippen LogP) is 3.24.